The Bertz CT molecular complexity index is 507. The third kappa shape index (κ3) is 3.06. The van der Waals surface area contributed by atoms with Gasteiger partial charge in [-0.3, -0.25) is 4.68 Å². The minimum atomic E-state index is 0.855. The average molecular weight is 295 g/mol. The summed E-state index contributed by atoms with van der Waals surface area (Å²) in [5.41, 5.74) is 2.21. The molecule has 0 aliphatic rings. The molecule has 0 aliphatic heterocycles. The van der Waals surface area contributed by atoms with E-state index in [0.29, 0.717) is 0 Å². The molecule has 0 fully saturated rings. The van der Waals surface area contributed by atoms with E-state index in [-0.39, 0.29) is 0 Å². The topological polar surface area (TPSA) is 42.7 Å². The number of nitrogens with zero attached hydrogens (tertiary/aromatic N) is 3. The summed E-state index contributed by atoms with van der Waals surface area (Å²) in [7, 11) is 1.96. The molecule has 0 radical (unpaired) electrons. The highest BCUT2D eigenvalue weighted by Gasteiger charge is 2.00. The molecule has 2 rings (SSSR count). The highest BCUT2D eigenvalue weighted by molar-refractivity contribution is 9.10. The van der Waals surface area contributed by atoms with Crippen LogP contribution in [-0.2, 0) is 13.5 Å². The van der Waals surface area contributed by atoms with E-state index in [2.05, 4.69) is 31.3 Å². The smallest absolute Gasteiger partial charge is 0.126 e. The Kier molecular flexibility index (Phi) is 3.78. The van der Waals surface area contributed by atoms with Crippen LogP contribution in [0.25, 0.3) is 0 Å². The molecule has 0 unspecified atom stereocenters. The summed E-state index contributed by atoms with van der Waals surface area (Å²) < 4.78 is 2.93. The first-order valence-electron chi connectivity index (χ1n) is 5.51. The number of hydrogen-bond acceptors (Lipinski definition) is 3. The fourth-order valence-corrected chi connectivity index (χ4v) is 1.83. The van der Waals surface area contributed by atoms with Crippen LogP contribution in [-0.4, -0.2) is 21.3 Å². The Labute approximate surface area is 109 Å². The Balaban J connectivity index is 1.90. The number of pyridine rings is 1. The lowest BCUT2D eigenvalue weighted by Gasteiger charge is -2.07. The van der Waals surface area contributed by atoms with Gasteiger partial charge in [-0.2, -0.15) is 5.10 Å². The Morgan fingerprint density at radius 1 is 1.35 bits per heavy atom. The molecular weight excluding hydrogens is 280 g/mol. The number of aromatic nitrogens is 3. The van der Waals surface area contributed by atoms with Crippen LogP contribution >= 0.6 is 15.9 Å². The first-order valence-corrected chi connectivity index (χ1v) is 6.30. The number of hydrogen-bond donors (Lipinski definition) is 1. The molecule has 2 aromatic rings. The molecule has 0 aliphatic carbocycles. The standard InChI is InChI=1S/C12H15BrN4/c1-9-11(13)3-4-12(16-9)14-7-5-10-6-8-15-17(10)2/h3-4,6,8H,5,7H2,1-2H3,(H,14,16). The van der Waals surface area contributed by atoms with E-state index >= 15 is 0 Å². The minimum absolute atomic E-state index is 0.855. The number of nitrogens with one attached hydrogen (secondary N) is 1. The van der Waals surface area contributed by atoms with E-state index in [1.54, 1.807) is 0 Å². The van der Waals surface area contributed by atoms with Gasteiger partial charge in [0.25, 0.3) is 0 Å². The molecule has 2 heterocycles. The van der Waals surface area contributed by atoms with Crippen LogP contribution in [0, 0.1) is 6.92 Å². The van der Waals surface area contributed by atoms with Gasteiger partial charge in [0.2, 0.25) is 0 Å². The van der Waals surface area contributed by atoms with Gasteiger partial charge in [-0.15, -0.1) is 0 Å². The molecule has 0 spiro atoms. The van der Waals surface area contributed by atoms with E-state index < -0.39 is 0 Å². The van der Waals surface area contributed by atoms with Crippen molar-refractivity contribution in [2.24, 2.45) is 7.05 Å². The van der Waals surface area contributed by atoms with E-state index in [1.807, 2.05) is 43.0 Å². The second-order valence-corrected chi connectivity index (χ2v) is 4.74. The molecule has 5 heteroatoms. The normalized spacial score (nSPS) is 10.5. The van der Waals surface area contributed by atoms with E-state index in [9.17, 15) is 0 Å². The number of anilines is 1. The van der Waals surface area contributed by atoms with Crippen LogP contribution in [0.15, 0.2) is 28.9 Å². The average Bonchev–Trinajstić information content (AvgIpc) is 2.70. The minimum Gasteiger partial charge on any atom is -0.370 e. The van der Waals surface area contributed by atoms with Gasteiger partial charge in [-0.1, -0.05) is 0 Å². The molecule has 2 aromatic heterocycles. The Hall–Kier alpha value is -1.36. The SMILES string of the molecule is Cc1nc(NCCc2ccnn2C)ccc1Br. The van der Waals surface area contributed by atoms with Gasteiger partial charge in [0.15, 0.2) is 0 Å². The molecule has 0 saturated heterocycles. The Morgan fingerprint density at radius 3 is 2.82 bits per heavy atom. The maximum absolute atomic E-state index is 4.43. The molecule has 4 nitrogen and oxygen atoms in total. The molecule has 90 valence electrons. The van der Waals surface area contributed by atoms with Crippen LogP contribution in [0.2, 0.25) is 0 Å². The lowest BCUT2D eigenvalue weighted by Crippen LogP contribution is -2.09. The number of aryl methyl sites for hydroxylation is 2. The summed E-state index contributed by atoms with van der Waals surface area (Å²) in [5, 5.41) is 7.44. The van der Waals surface area contributed by atoms with Gasteiger partial charge in [-0.05, 0) is 41.1 Å². The maximum Gasteiger partial charge on any atom is 0.126 e. The second-order valence-electron chi connectivity index (χ2n) is 3.89. The number of rotatable bonds is 4. The summed E-state index contributed by atoms with van der Waals surface area (Å²) in [5.74, 6) is 0.910. The first-order chi connectivity index (χ1) is 8.16. The van der Waals surface area contributed by atoms with Crippen molar-refractivity contribution in [3.63, 3.8) is 0 Å². The van der Waals surface area contributed by atoms with Crippen LogP contribution in [0.4, 0.5) is 5.82 Å². The summed E-state index contributed by atoms with van der Waals surface area (Å²) >= 11 is 3.44. The van der Waals surface area contributed by atoms with Crippen molar-refractivity contribution in [2.75, 3.05) is 11.9 Å². The summed E-state index contributed by atoms with van der Waals surface area (Å²) in [6, 6.07) is 6.01. The highest BCUT2D eigenvalue weighted by Crippen LogP contribution is 2.16. The van der Waals surface area contributed by atoms with Crippen molar-refractivity contribution >= 4 is 21.7 Å². The lowest BCUT2D eigenvalue weighted by atomic mass is 10.3. The van der Waals surface area contributed by atoms with Crippen molar-refractivity contribution in [3.8, 4) is 0 Å². The molecule has 17 heavy (non-hydrogen) atoms. The quantitative estimate of drug-likeness (QED) is 0.942. The second kappa shape index (κ2) is 5.31. The predicted octanol–water partition coefficient (Wildman–Crippen LogP) is 2.54. The van der Waals surface area contributed by atoms with Gasteiger partial charge >= 0.3 is 0 Å². The van der Waals surface area contributed by atoms with Crippen molar-refractivity contribution < 1.29 is 0 Å². The summed E-state index contributed by atoms with van der Waals surface area (Å²) in [6.07, 6.45) is 2.75. The van der Waals surface area contributed by atoms with Crippen molar-refractivity contribution in [2.45, 2.75) is 13.3 Å². The highest BCUT2D eigenvalue weighted by atomic mass is 79.9. The monoisotopic (exact) mass is 294 g/mol. The number of halogens is 1. The van der Waals surface area contributed by atoms with Crippen molar-refractivity contribution in [1.82, 2.24) is 14.8 Å². The molecule has 0 atom stereocenters. The fourth-order valence-electron chi connectivity index (χ4n) is 1.61. The fraction of sp³-hybridized carbons (Fsp3) is 0.333. The van der Waals surface area contributed by atoms with Gasteiger partial charge in [0, 0.05) is 36.4 Å². The lowest BCUT2D eigenvalue weighted by molar-refractivity contribution is 0.711. The van der Waals surface area contributed by atoms with Crippen molar-refractivity contribution in [1.29, 1.82) is 0 Å². The van der Waals surface area contributed by atoms with Crippen LogP contribution in [0.5, 0.6) is 0 Å². The van der Waals surface area contributed by atoms with Crippen LogP contribution < -0.4 is 5.32 Å². The van der Waals surface area contributed by atoms with Gasteiger partial charge < -0.3 is 5.32 Å². The molecular formula is C12H15BrN4. The molecule has 0 amide bonds. The van der Waals surface area contributed by atoms with Gasteiger partial charge in [0.05, 0.1) is 5.69 Å². The Morgan fingerprint density at radius 2 is 2.18 bits per heavy atom. The largest absolute Gasteiger partial charge is 0.370 e. The van der Waals surface area contributed by atoms with E-state index in [0.717, 1.165) is 29.0 Å². The zero-order valence-corrected chi connectivity index (χ0v) is 11.5. The third-order valence-electron chi connectivity index (χ3n) is 2.63. The maximum atomic E-state index is 4.43. The molecule has 0 saturated carbocycles. The van der Waals surface area contributed by atoms with Crippen molar-refractivity contribution in [3.05, 3.63) is 40.3 Å². The van der Waals surface area contributed by atoms with Crippen LogP contribution in [0.1, 0.15) is 11.4 Å². The third-order valence-corrected chi connectivity index (χ3v) is 3.47. The van der Waals surface area contributed by atoms with E-state index in [4.69, 9.17) is 0 Å². The first kappa shape index (κ1) is 12.1. The molecule has 1 N–H and O–H groups in total. The zero-order chi connectivity index (χ0) is 12.3. The van der Waals surface area contributed by atoms with Crippen LogP contribution in [0.3, 0.4) is 0 Å². The molecule has 0 aromatic carbocycles. The zero-order valence-electron chi connectivity index (χ0n) is 9.94. The summed E-state index contributed by atoms with van der Waals surface area (Å²) in [6.45, 7) is 2.84. The van der Waals surface area contributed by atoms with Gasteiger partial charge in [0.1, 0.15) is 5.82 Å². The van der Waals surface area contributed by atoms with Gasteiger partial charge in [-0.25, -0.2) is 4.98 Å². The summed E-state index contributed by atoms with van der Waals surface area (Å²) in [4.78, 5) is 4.43. The predicted molar refractivity (Wildman–Crippen MR) is 72.1 cm³/mol. The van der Waals surface area contributed by atoms with E-state index in [1.165, 1.54) is 5.69 Å². The molecule has 0 bridgehead atoms.